The van der Waals surface area contributed by atoms with Gasteiger partial charge in [0.1, 0.15) is 11.2 Å². The van der Waals surface area contributed by atoms with E-state index in [9.17, 15) is 19.5 Å². The van der Waals surface area contributed by atoms with Crippen LogP contribution in [0.15, 0.2) is 24.3 Å². The minimum absolute atomic E-state index is 0.191. The Hall–Kier alpha value is -2.57. The zero-order valence-corrected chi connectivity index (χ0v) is 16.3. The van der Waals surface area contributed by atoms with Gasteiger partial charge >= 0.3 is 18.0 Å². The Morgan fingerprint density at radius 2 is 1.46 bits per heavy atom. The zero-order chi connectivity index (χ0) is 20.3. The molecular formula is C19H27NO6. The van der Waals surface area contributed by atoms with Crippen molar-refractivity contribution in [2.75, 3.05) is 0 Å². The second-order valence-corrected chi connectivity index (χ2v) is 8.14. The smallest absolute Gasteiger partial charge is 0.408 e. The highest BCUT2D eigenvalue weighted by molar-refractivity contribution is 5.91. The van der Waals surface area contributed by atoms with Gasteiger partial charge in [-0.2, -0.15) is 0 Å². The van der Waals surface area contributed by atoms with Gasteiger partial charge in [0.2, 0.25) is 0 Å². The summed E-state index contributed by atoms with van der Waals surface area (Å²) in [6, 6.07) is 5.96. The fourth-order valence-corrected chi connectivity index (χ4v) is 2.05. The number of ether oxygens (including phenoxy) is 2. The highest BCUT2D eigenvalue weighted by Crippen LogP contribution is 2.24. The van der Waals surface area contributed by atoms with Crippen LogP contribution in [0.5, 0.6) is 0 Å². The number of esters is 1. The number of hydrogen-bond donors (Lipinski definition) is 2. The lowest BCUT2D eigenvalue weighted by atomic mass is 9.91. The SMILES string of the molecule is CC(C)(C)OC(=O)N[C@](C)(C(=O)O)c1cccc(C(=O)OC(C)(C)C)c1. The lowest BCUT2D eigenvalue weighted by Crippen LogP contribution is -2.51. The molecule has 26 heavy (non-hydrogen) atoms. The van der Waals surface area contributed by atoms with Crippen LogP contribution in [0, 0.1) is 0 Å². The summed E-state index contributed by atoms with van der Waals surface area (Å²) in [6.45, 7) is 11.6. The fraction of sp³-hybridized carbons (Fsp3) is 0.526. The number of carbonyl (C=O) groups excluding carboxylic acids is 2. The molecule has 0 saturated carbocycles. The minimum Gasteiger partial charge on any atom is -0.479 e. The average molecular weight is 365 g/mol. The first-order valence-electron chi connectivity index (χ1n) is 8.22. The van der Waals surface area contributed by atoms with Crippen LogP contribution < -0.4 is 5.32 Å². The first kappa shape index (κ1) is 21.5. The Kier molecular flexibility index (Phi) is 6.07. The maximum atomic E-state index is 12.2. The highest BCUT2D eigenvalue weighted by Gasteiger charge is 2.39. The van der Waals surface area contributed by atoms with Gasteiger partial charge in [-0.25, -0.2) is 14.4 Å². The maximum absolute atomic E-state index is 12.2. The van der Waals surface area contributed by atoms with Crippen molar-refractivity contribution in [1.82, 2.24) is 5.32 Å². The monoisotopic (exact) mass is 365 g/mol. The van der Waals surface area contributed by atoms with Crippen LogP contribution in [0.25, 0.3) is 0 Å². The molecule has 0 radical (unpaired) electrons. The van der Waals surface area contributed by atoms with Crippen LogP contribution in [-0.4, -0.2) is 34.3 Å². The fourth-order valence-electron chi connectivity index (χ4n) is 2.05. The average Bonchev–Trinajstić information content (AvgIpc) is 2.43. The summed E-state index contributed by atoms with van der Waals surface area (Å²) >= 11 is 0. The van der Waals surface area contributed by atoms with E-state index in [0.29, 0.717) is 0 Å². The predicted octanol–water partition coefficient (Wildman–Crippen LogP) is 3.47. The molecule has 2 N–H and O–H groups in total. The number of carboxylic acids is 1. The van der Waals surface area contributed by atoms with Crippen molar-refractivity contribution in [2.45, 2.75) is 65.2 Å². The van der Waals surface area contributed by atoms with Crippen molar-refractivity contribution in [1.29, 1.82) is 0 Å². The quantitative estimate of drug-likeness (QED) is 0.792. The summed E-state index contributed by atoms with van der Waals surface area (Å²) in [4.78, 5) is 36.2. The normalized spacial score (nSPS) is 14.1. The van der Waals surface area contributed by atoms with Crippen molar-refractivity contribution in [2.24, 2.45) is 0 Å². The van der Waals surface area contributed by atoms with Gasteiger partial charge in [-0.3, -0.25) is 0 Å². The zero-order valence-electron chi connectivity index (χ0n) is 16.3. The van der Waals surface area contributed by atoms with E-state index in [4.69, 9.17) is 9.47 Å². The van der Waals surface area contributed by atoms with Gasteiger partial charge in [0.15, 0.2) is 5.54 Å². The Balaban J connectivity index is 3.18. The molecule has 1 amide bonds. The predicted molar refractivity (Wildman–Crippen MR) is 96.0 cm³/mol. The molecule has 0 aliphatic carbocycles. The van der Waals surface area contributed by atoms with E-state index >= 15 is 0 Å². The molecule has 144 valence electrons. The third kappa shape index (κ3) is 6.06. The lowest BCUT2D eigenvalue weighted by Gasteiger charge is -2.29. The molecule has 1 aromatic carbocycles. The van der Waals surface area contributed by atoms with Gasteiger partial charge in [-0.15, -0.1) is 0 Å². The number of nitrogens with one attached hydrogen (secondary N) is 1. The van der Waals surface area contributed by atoms with Gasteiger partial charge in [0.25, 0.3) is 0 Å². The van der Waals surface area contributed by atoms with Crippen LogP contribution >= 0.6 is 0 Å². The maximum Gasteiger partial charge on any atom is 0.408 e. The molecular weight excluding hydrogens is 338 g/mol. The standard InChI is InChI=1S/C19H27NO6/c1-17(2,3)25-14(21)12-9-8-10-13(11-12)19(7,15(22)23)20-16(24)26-18(4,5)6/h8-11H,1-7H3,(H,20,24)(H,22,23)/t19-/m0/s1. The van der Waals surface area contributed by atoms with Crippen molar-refractivity contribution in [3.8, 4) is 0 Å². The number of aliphatic carboxylic acids is 1. The first-order chi connectivity index (χ1) is 11.6. The molecule has 0 saturated heterocycles. The van der Waals surface area contributed by atoms with Gasteiger partial charge in [0, 0.05) is 0 Å². The molecule has 0 aliphatic heterocycles. The Morgan fingerprint density at radius 3 is 1.92 bits per heavy atom. The molecule has 7 nitrogen and oxygen atoms in total. The Bertz CT molecular complexity index is 699. The molecule has 1 rings (SSSR count). The van der Waals surface area contributed by atoms with Crippen molar-refractivity contribution < 1.29 is 29.0 Å². The largest absolute Gasteiger partial charge is 0.479 e. The molecule has 0 unspecified atom stereocenters. The van der Waals surface area contributed by atoms with Crippen molar-refractivity contribution in [3.63, 3.8) is 0 Å². The van der Waals surface area contributed by atoms with Gasteiger partial charge in [-0.05, 0) is 66.2 Å². The van der Waals surface area contributed by atoms with Gasteiger partial charge < -0.3 is 19.9 Å². The van der Waals surface area contributed by atoms with Crippen LogP contribution in [0.2, 0.25) is 0 Å². The Morgan fingerprint density at radius 1 is 0.923 bits per heavy atom. The molecule has 0 aromatic heterocycles. The second-order valence-electron chi connectivity index (χ2n) is 8.14. The number of carbonyl (C=O) groups is 3. The molecule has 0 fully saturated rings. The summed E-state index contributed by atoms with van der Waals surface area (Å²) in [5, 5.41) is 12.0. The summed E-state index contributed by atoms with van der Waals surface area (Å²) < 4.78 is 10.4. The third-order valence-electron chi connectivity index (χ3n) is 3.25. The highest BCUT2D eigenvalue weighted by atomic mass is 16.6. The number of alkyl carbamates (subject to hydrolysis) is 1. The number of hydrogen-bond acceptors (Lipinski definition) is 5. The van der Waals surface area contributed by atoms with Crippen LogP contribution in [-0.2, 0) is 19.8 Å². The second kappa shape index (κ2) is 7.35. The van der Waals surface area contributed by atoms with Crippen molar-refractivity contribution in [3.05, 3.63) is 35.4 Å². The summed E-state index contributed by atoms with van der Waals surface area (Å²) in [5.41, 5.74) is -2.82. The van der Waals surface area contributed by atoms with Crippen molar-refractivity contribution >= 4 is 18.0 Å². The van der Waals surface area contributed by atoms with Gasteiger partial charge in [0.05, 0.1) is 5.56 Å². The van der Waals surface area contributed by atoms with Gasteiger partial charge in [-0.1, -0.05) is 12.1 Å². The van der Waals surface area contributed by atoms with E-state index in [1.807, 2.05) is 0 Å². The summed E-state index contributed by atoms with van der Waals surface area (Å²) in [7, 11) is 0. The van der Waals surface area contributed by atoms with E-state index in [1.54, 1.807) is 41.5 Å². The van der Waals surface area contributed by atoms with E-state index in [0.717, 1.165) is 0 Å². The van der Waals surface area contributed by atoms with E-state index in [2.05, 4.69) is 5.32 Å². The molecule has 0 bridgehead atoms. The number of rotatable bonds is 4. The number of carboxylic acid groups (broad SMARTS) is 1. The van der Waals surface area contributed by atoms with E-state index in [1.165, 1.54) is 31.2 Å². The summed E-state index contributed by atoms with van der Waals surface area (Å²) in [5.74, 6) is -1.87. The lowest BCUT2D eigenvalue weighted by molar-refractivity contribution is -0.144. The minimum atomic E-state index is -1.78. The number of amides is 1. The number of benzene rings is 1. The summed E-state index contributed by atoms with van der Waals surface area (Å²) in [6.07, 6.45) is -0.870. The molecule has 0 spiro atoms. The van der Waals surface area contributed by atoms with Crippen LogP contribution in [0.3, 0.4) is 0 Å². The van der Waals surface area contributed by atoms with Crippen LogP contribution in [0.1, 0.15) is 64.4 Å². The topological polar surface area (TPSA) is 102 Å². The molecule has 0 aliphatic rings. The van der Waals surface area contributed by atoms with E-state index in [-0.39, 0.29) is 11.1 Å². The van der Waals surface area contributed by atoms with Crippen LogP contribution in [0.4, 0.5) is 4.79 Å². The molecule has 1 aromatic rings. The molecule has 0 heterocycles. The third-order valence-corrected chi connectivity index (χ3v) is 3.25. The molecule has 1 atom stereocenters. The van der Waals surface area contributed by atoms with E-state index < -0.39 is 34.8 Å². The Labute approximate surface area is 153 Å². The first-order valence-corrected chi connectivity index (χ1v) is 8.22. The molecule has 7 heteroatoms.